The zero-order valence-corrected chi connectivity index (χ0v) is 12.0. The highest BCUT2D eigenvalue weighted by molar-refractivity contribution is 7.90. The summed E-state index contributed by atoms with van der Waals surface area (Å²) in [4.78, 5) is 17.8. The molecule has 1 fully saturated rings. The molecular weight excluding hydrogens is 264 g/mol. The number of carbonyl (C=O) groups excluding carboxylic acids is 1. The Hall–Kier alpha value is -1.43. The lowest BCUT2D eigenvalue weighted by Gasteiger charge is -2.31. The minimum Gasteiger partial charge on any atom is -0.357 e. The number of carbonyl (C=O) groups is 1. The van der Waals surface area contributed by atoms with Gasteiger partial charge < -0.3 is 4.90 Å². The van der Waals surface area contributed by atoms with Gasteiger partial charge >= 0.3 is 0 Å². The smallest absolute Gasteiger partial charge is 0.177 e. The van der Waals surface area contributed by atoms with Crippen molar-refractivity contribution in [1.29, 1.82) is 0 Å². The molecule has 2 rings (SSSR count). The molecule has 0 atom stereocenters. The number of ketones is 1. The van der Waals surface area contributed by atoms with Gasteiger partial charge in [0.05, 0.1) is 4.90 Å². The molecule has 1 aliphatic heterocycles. The van der Waals surface area contributed by atoms with Crippen LogP contribution >= 0.6 is 0 Å². The standard InChI is InChI=1S/C13H18N2O3S/c1-10(16)11-5-7-15(8-6-11)13-4-3-12(9-14-13)19(2,17)18/h3-4,9,11H,5-8H2,1-2H3. The Kier molecular flexibility index (Phi) is 3.89. The van der Waals surface area contributed by atoms with Gasteiger partial charge in [-0.1, -0.05) is 0 Å². The molecule has 0 radical (unpaired) electrons. The molecule has 2 heterocycles. The topological polar surface area (TPSA) is 67.3 Å². The average Bonchev–Trinajstić information content (AvgIpc) is 2.38. The number of piperidine rings is 1. The lowest BCUT2D eigenvalue weighted by atomic mass is 9.93. The number of Topliss-reactive ketones (excluding diaryl/α,β-unsaturated/α-hetero) is 1. The van der Waals surface area contributed by atoms with Crippen molar-refractivity contribution in [1.82, 2.24) is 4.98 Å². The molecular formula is C13H18N2O3S. The molecule has 1 aliphatic rings. The summed E-state index contributed by atoms with van der Waals surface area (Å²) in [5.41, 5.74) is 0. The highest BCUT2D eigenvalue weighted by Crippen LogP contribution is 2.23. The van der Waals surface area contributed by atoms with Gasteiger partial charge in [0, 0.05) is 31.5 Å². The summed E-state index contributed by atoms with van der Waals surface area (Å²) in [5.74, 6) is 1.18. The van der Waals surface area contributed by atoms with Crippen molar-refractivity contribution in [2.75, 3.05) is 24.2 Å². The average molecular weight is 282 g/mol. The van der Waals surface area contributed by atoms with Crippen LogP contribution in [-0.4, -0.2) is 38.5 Å². The highest BCUT2D eigenvalue weighted by atomic mass is 32.2. The number of nitrogens with zero attached hydrogens (tertiary/aromatic N) is 2. The van der Waals surface area contributed by atoms with Crippen LogP contribution in [0.1, 0.15) is 19.8 Å². The summed E-state index contributed by atoms with van der Waals surface area (Å²) in [7, 11) is -3.20. The molecule has 0 saturated carbocycles. The maximum absolute atomic E-state index is 11.3. The van der Waals surface area contributed by atoms with E-state index >= 15 is 0 Å². The summed E-state index contributed by atoms with van der Waals surface area (Å²) in [6.07, 6.45) is 4.24. The first-order valence-electron chi connectivity index (χ1n) is 6.29. The fourth-order valence-corrected chi connectivity index (χ4v) is 2.85. The number of hydrogen-bond acceptors (Lipinski definition) is 5. The second-order valence-electron chi connectivity index (χ2n) is 5.00. The second-order valence-corrected chi connectivity index (χ2v) is 7.01. The van der Waals surface area contributed by atoms with Crippen LogP contribution in [0.15, 0.2) is 23.2 Å². The fourth-order valence-electron chi connectivity index (χ4n) is 2.29. The van der Waals surface area contributed by atoms with E-state index in [1.807, 2.05) is 0 Å². The van der Waals surface area contributed by atoms with E-state index in [1.54, 1.807) is 19.1 Å². The molecule has 19 heavy (non-hydrogen) atoms. The zero-order chi connectivity index (χ0) is 14.0. The van der Waals surface area contributed by atoms with Crippen LogP contribution in [0.25, 0.3) is 0 Å². The number of rotatable bonds is 3. The van der Waals surface area contributed by atoms with E-state index in [4.69, 9.17) is 0 Å². The number of hydrogen-bond donors (Lipinski definition) is 0. The van der Waals surface area contributed by atoms with E-state index in [-0.39, 0.29) is 16.6 Å². The van der Waals surface area contributed by atoms with Crippen LogP contribution in [-0.2, 0) is 14.6 Å². The molecule has 0 N–H and O–H groups in total. The van der Waals surface area contributed by atoms with Gasteiger partial charge in [-0.2, -0.15) is 0 Å². The van der Waals surface area contributed by atoms with Gasteiger partial charge in [-0.25, -0.2) is 13.4 Å². The third-order valence-electron chi connectivity index (χ3n) is 3.54. The molecule has 104 valence electrons. The second kappa shape index (κ2) is 5.28. The lowest BCUT2D eigenvalue weighted by molar-refractivity contribution is -0.121. The summed E-state index contributed by atoms with van der Waals surface area (Å²) in [5, 5.41) is 0. The Morgan fingerprint density at radius 3 is 2.37 bits per heavy atom. The minimum atomic E-state index is -3.20. The summed E-state index contributed by atoms with van der Waals surface area (Å²) in [6.45, 7) is 3.21. The molecule has 1 saturated heterocycles. The van der Waals surface area contributed by atoms with Crippen LogP contribution in [0.4, 0.5) is 5.82 Å². The van der Waals surface area contributed by atoms with Crippen molar-refractivity contribution in [2.24, 2.45) is 5.92 Å². The molecule has 0 amide bonds. The van der Waals surface area contributed by atoms with Gasteiger partial charge in [-0.15, -0.1) is 0 Å². The lowest BCUT2D eigenvalue weighted by Crippen LogP contribution is -2.36. The Labute approximate surface area is 113 Å². The number of sulfone groups is 1. The molecule has 0 aliphatic carbocycles. The first-order valence-corrected chi connectivity index (χ1v) is 8.18. The first kappa shape index (κ1) is 14.0. The van der Waals surface area contributed by atoms with Crippen LogP contribution < -0.4 is 4.90 Å². The van der Waals surface area contributed by atoms with E-state index in [9.17, 15) is 13.2 Å². The van der Waals surface area contributed by atoms with E-state index in [0.717, 1.165) is 31.7 Å². The minimum absolute atomic E-state index is 0.159. The Morgan fingerprint density at radius 2 is 1.95 bits per heavy atom. The normalized spacial score (nSPS) is 17.5. The predicted molar refractivity (Wildman–Crippen MR) is 73.0 cm³/mol. The SMILES string of the molecule is CC(=O)C1CCN(c2ccc(S(C)(=O)=O)cn2)CC1. The Bertz CT molecular complexity index is 558. The zero-order valence-electron chi connectivity index (χ0n) is 11.2. The number of pyridine rings is 1. The number of aromatic nitrogens is 1. The molecule has 0 spiro atoms. The predicted octanol–water partition coefficient (Wildman–Crippen LogP) is 1.29. The van der Waals surface area contributed by atoms with Gasteiger partial charge in [-0.3, -0.25) is 4.79 Å². The maximum atomic E-state index is 11.3. The van der Waals surface area contributed by atoms with Crippen LogP contribution in [0.2, 0.25) is 0 Å². The fraction of sp³-hybridized carbons (Fsp3) is 0.538. The molecule has 0 aromatic carbocycles. The third kappa shape index (κ3) is 3.32. The van der Waals surface area contributed by atoms with Crippen molar-refractivity contribution in [3.05, 3.63) is 18.3 Å². The van der Waals surface area contributed by atoms with Gasteiger partial charge in [0.2, 0.25) is 0 Å². The molecule has 1 aromatic rings. The van der Waals surface area contributed by atoms with Crippen molar-refractivity contribution in [3.63, 3.8) is 0 Å². The van der Waals surface area contributed by atoms with Gasteiger partial charge in [0.25, 0.3) is 0 Å². The highest BCUT2D eigenvalue weighted by Gasteiger charge is 2.23. The number of anilines is 1. The van der Waals surface area contributed by atoms with Crippen LogP contribution in [0, 0.1) is 5.92 Å². The molecule has 6 heteroatoms. The Balaban J connectivity index is 2.06. The quantitative estimate of drug-likeness (QED) is 0.835. The maximum Gasteiger partial charge on any atom is 0.177 e. The van der Waals surface area contributed by atoms with Crippen molar-refractivity contribution >= 4 is 21.4 Å². The third-order valence-corrected chi connectivity index (χ3v) is 4.64. The van der Waals surface area contributed by atoms with Gasteiger partial charge in [0.15, 0.2) is 9.84 Å². The molecule has 5 nitrogen and oxygen atoms in total. The van der Waals surface area contributed by atoms with Gasteiger partial charge in [0.1, 0.15) is 11.6 Å². The monoisotopic (exact) mass is 282 g/mol. The summed E-state index contributed by atoms with van der Waals surface area (Å²) < 4.78 is 22.7. The molecule has 0 bridgehead atoms. The van der Waals surface area contributed by atoms with Gasteiger partial charge in [-0.05, 0) is 31.9 Å². The molecule has 0 unspecified atom stereocenters. The first-order chi connectivity index (χ1) is 8.88. The van der Waals surface area contributed by atoms with Crippen molar-refractivity contribution in [3.8, 4) is 0 Å². The summed E-state index contributed by atoms with van der Waals surface area (Å²) >= 11 is 0. The van der Waals surface area contributed by atoms with E-state index in [2.05, 4.69) is 9.88 Å². The van der Waals surface area contributed by atoms with Crippen LogP contribution in [0.3, 0.4) is 0 Å². The van der Waals surface area contributed by atoms with E-state index in [1.165, 1.54) is 12.5 Å². The van der Waals surface area contributed by atoms with Crippen molar-refractivity contribution < 1.29 is 13.2 Å². The molecule has 1 aromatic heterocycles. The largest absolute Gasteiger partial charge is 0.357 e. The van der Waals surface area contributed by atoms with Crippen molar-refractivity contribution in [2.45, 2.75) is 24.7 Å². The van der Waals surface area contributed by atoms with E-state index < -0.39 is 9.84 Å². The van der Waals surface area contributed by atoms with E-state index in [0.29, 0.717) is 0 Å². The summed E-state index contributed by atoms with van der Waals surface area (Å²) in [6, 6.07) is 3.30. The Morgan fingerprint density at radius 1 is 1.32 bits per heavy atom. The van der Waals surface area contributed by atoms with Crippen LogP contribution in [0.5, 0.6) is 0 Å².